The second kappa shape index (κ2) is 5.59. The standard InChI is InChI=1S/C13H19NO5/c15-11(14-10(13(18)19)6-12(16)17)5-9-4-7-1-2-8(9)3-7/h7-10H,1-6H2,(H,14,15)(H,16,17)(H,18,19)/t7?,8?,9?,10-/m0/s1. The summed E-state index contributed by atoms with van der Waals surface area (Å²) < 4.78 is 0. The first-order chi connectivity index (χ1) is 8.95. The largest absolute Gasteiger partial charge is 0.481 e. The average molecular weight is 269 g/mol. The fourth-order valence-corrected chi connectivity index (χ4v) is 3.49. The van der Waals surface area contributed by atoms with Gasteiger partial charge in [0.1, 0.15) is 6.04 Å². The van der Waals surface area contributed by atoms with Crippen molar-refractivity contribution in [1.29, 1.82) is 0 Å². The molecule has 2 fully saturated rings. The lowest BCUT2D eigenvalue weighted by molar-refractivity contribution is -0.147. The van der Waals surface area contributed by atoms with Crippen molar-refractivity contribution in [3.63, 3.8) is 0 Å². The van der Waals surface area contributed by atoms with Crippen molar-refractivity contribution >= 4 is 17.8 Å². The maximum Gasteiger partial charge on any atom is 0.326 e. The molecule has 2 aliphatic carbocycles. The maximum absolute atomic E-state index is 11.8. The molecule has 19 heavy (non-hydrogen) atoms. The molecule has 0 aromatic carbocycles. The van der Waals surface area contributed by atoms with Crippen LogP contribution in [0, 0.1) is 17.8 Å². The number of carboxylic acids is 2. The Balaban J connectivity index is 1.82. The summed E-state index contributed by atoms with van der Waals surface area (Å²) in [5, 5.41) is 19.8. The molecule has 6 heteroatoms. The Hall–Kier alpha value is -1.59. The number of carbonyl (C=O) groups excluding carboxylic acids is 1. The molecule has 2 rings (SSSR count). The SMILES string of the molecule is O=C(O)C[C@H](NC(=O)CC1CC2CCC1C2)C(=O)O. The normalized spacial score (nSPS) is 30.0. The summed E-state index contributed by atoms with van der Waals surface area (Å²) in [4.78, 5) is 33.2. The molecule has 1 amide bonds. The Kier molecular flexibility index (Phi) is 4.07. The van der Waals surface area contributed by atoms with Gasteiger partial charge in [-0.2, -0.15) is 0 Å². The van der Waals surface area contributed by atoms with Crippen LogP contribution in [-0.4, -0.2) is 34.1 Å². The zero-order chi connectivity index (χ0) is 14.0. The molecule has 0 aliphatic heterocycles. The van der Waals surface area contributed by atoms with E-state index >= 15 is 0 Å². The van der Waals surface area contributed by atoms with Gasteiger partial charge in [-0.1, -0.05) is 6.42 Å². The number of hydrogen-bond donors (Lipinski definition) is 3. The van der Waals surface area contributed by atoms with Gasteiger partial charge in [-0.3, -0.25) is 9.59 Å². The number of amides is 1. The van der Waals surface area contributed by atoms with Crippen molar-refractivity contribution in [2.24, 2.45) is 17.8 Å². The predicted octanol–water partition coefficient (Wildman–Crippen LogP) is 0.857. The number of carbonyl (C=O) groups is 3. The highest BCUT2D eigenvalue weighted by atomic mass is 16.4. The molecule has 4 atom stereocenters. The van der Waals surface area contributed by atoms with Gasteiger partial charge in [0.05, 0.1) is 6.42 Å². The van der Waals surface area contributed by atoms with Gasteiger partial charge >= 0.3 is 11.9 Å². The van der Waals surface area contributed by atoms with Crippen molar-refractivity contribution in [2.75, 3.05) is 0 Å². The molecule has 0 radical (unpaired) electrons. The minimum absolute atomic E-state index is 0.324. The number of carboxylic acid groups (broad SMARTS) is 2. The number of nitrogens with one attached hydrogen (secondary N) is 1. The van der Waals surface area contributed by atoms with Crippen molar-refractivity contribution < 1.29 is 24.6 Å². The van der Waals surface area contributed by atoms with E-state index in [9.17, 15) is 14.4 Å². The molecule has 6 nitrogen and oxygen atoms in total. The van der Waals surface area contributed by atoms with E-state index in [0.717, 1.165) is 12.3 Å². The summed E-state index contributed by atoms with van der Waals surface area (Å²) in [6.45, 7) is 0. The van der Waals surface area contributed by atoms with Crippen LogP contribution in [0.5, 0.6) is 0 Å². The van der Waals surface area contributed by atoms with Gasteiger partial charge in [-0.25, -0.2) is 4.79 Å². The minimum Gasteiger partial charge on any atom is -0.481 e. The molecular weight excluding hydrogens is 250 g/mol. The van der Waals surface area contributed by atoms with E-state index in [1.54, 1.807) is 0 Å². The molecule has 2 saturated carbocycles. The van der Waals surface area contributed by atoms with E-state index in [4.69, 9.17) is 10.2 Å². The summed E-state index contributed by atoms with van der Waals surface area (Å²) in [5.41, 5.74) is 0. The van der Waals surface area contributed by atoms with Crippen LogP contribution in [0.1, 0.15) is 38.5 Å². The van der Waals surface area contributed by atoms with Crippen molar-refractivity contribution in [3.8, 4) is 0 Å². The Morgan fingerprint density at radius 1 is 1.16 bits per heavy atom. The molecule has 0 aromatic heterocycles. The van der Waals surface area contributed by atoms with E-state index < -0.39 is 24.4 Å². The van der Waals surface area contributed by atoms with Gasteiger partial charge in [0.2, 0.25) is 5.91 Å². The van der Waals surface area contributed by atoms with E-state index in [1.165, 1.54) is 19.3 Å². The molecule has 0 spiro atoms. The summed E-state index contributed by atoms with van der Waals surface area (Å²) in [7, 11) is 0. The Morgan fingerprint density at radius 2 is 1.89 bits per heavy atom. The molecule has 0 heterocycles. The highest BCUT2D eigenvalue weighted by molar-refractivity contribution is 5.86. The van der Waals surface area contributed by atoms with Crippen LogP contribution in [0.3, 0.4) is 0 Å². The Bertz CT molecular complexity index is 394. The third kappa shape index (κ3) is 3.45. The van der Waals surface area contributed by atoms with E-state index in [0.29, 0.717) is 18.3 Å². The molecule has 3 unspecified atom stereocenters. The van der Waals surface area contributed by atoms with Gasteiger partial charge < -0.3 is 15.5 Å². The quantitative estimate of drug-likeness (QED) is 0.663. The van der Waals surface area contributed by atoms with Crippen molar-refractivity contribution in [1.82, 2.24) is 5.32 Å². The van der Waals surface area contributed by atoms with Gasteiger partial charge in [-0.15, -0.1) is 0 Å². The predicted molar refractivity (Wildman–Crippen MR) is 65.4 cm³/mol. The fourth-order valence-electron chi connectivity index (χ4n) is 3.49. The Morgan fingerprint density at radius 3 is 2.37 bits per heavy atom. The number of aliphatic carboxylic acids is 2. The minimum atomic E-state index is -1.33. The van der Waals surface area contributed by atoms with Crippen molar-refractivity contribution in [2.45, 2.75) is 44.6 Å². The van der Waals surface area contributed by atoms with Gasteiger partial charge in [0, 0.05) is 6.42 Å². The zero-order valence-corrected chi connectivity index (χ0v) is 10.7. The van der Waals surface area contributed by atoms with Gasteiger partial charge in [-0.05, 0) is 37.0 Å². The summed E-state index contributed by atoms with van der Waals surface area (Å²) >= 11 is 0. The topological polar surface area (TPSA) is 104 Å². The van der Waals surface area contributed by atoms with Gasteiger partial charge in [0.25, 0.3) is 0 Å². The van der Waals surface area contributed by atoms with E-state index in [1.807, 2.05) is 0 Å². The third-order valence-corrected chi connectivity index (χ3v) is 4.34. The maximum atomic E-state index is 11.8. The average Bonchev–Trinajstić information content (AvgIpc) is 2.89. The molecule has 2 bridgehead atoms. The second-order valence-corrected chi connectivity index (χ2v) is 5.70. The first kappa shape index (κ1) is 13.8. The van der Waals surface area contributed by atoms with Crippen LogP contribution in [0.4, 0.5) is 0 Å². The van der Waals surface area contributed by atoms with E-state index in [2.05, 4.69) is 5.32 Å². The van der Waals surface area contributed by atoms with Crippen LogP contribution in [0.2, 0.25) is 0 Å². The van der Waals surface area contributed by atoms with Crippen LogP contribution in [0.15, 0.2) is 0 Å². The first-order valence-corrected chi connectivity index (χ1v) is 6.69. The van der Waals surface area contributed by atoms with Crippen LogP contribution in [-0.2, 0) is 14.4 Å². The lowest BCUT2D eigenvalue weighted by atomic mass is 9.86. The molecule has 106 valence electrons. The zero-order valence-electron chi connectivity index (χ0n) is 10.7. The lowest BCUT2D eigenvalue weighted by Gasteiger charge is -2.21. The second-order valence-electron chi connectivity index (χ2n) is 5.70. The van der Waals surface area contributed by atoms with Gasteiger partial charge in [0.15, 0.2) is 0 Å². The molecule has 0 saturated heterocycles. The molecule has 3 N–H and O–H groups in total. The number of hydrogen-bond acceptors (Lipinski definition) is 3. The van der Waals surface area contributed by atoms with Crippen molar-refractivity contribution in [3.05, 3.63) is 0 Å². The molecular formula is C13H19NO5. The van der Waals surface area contributed by atoms with Crippen LogP contribution in [0.25, 0.3) is 0 Å². The third-order valence-electron chi connectivity index (χ3n) is 4.34. The fraction of sp³-hybridized carbons (Fsp3) is 0.769. The summed E-state index contributed by atoms with van der Waals surface area (Å²) in [6.07, 6.45) is 4.40. The highest BCUT2D eigenvalue weighted by Gasteiger charge is 2.40. The Labute approximate surface area is 111 Å². The van der Waals surface area contributed by atoms with Crippen LogP contribution < -0.4 is 5.32 Å². The number of fused-ring (bicyclic) bond motifs is 2. The van der Waals surface area contributed by atoms with E-state index in [-0.39, 0.29) is 5.91 Å². The molecule has 0 aromatic rings. The molecule has 2 aliphatic rings. The highest BCUT2D eigenvalue weighted by Crippen LogP contribution is 2.49. The number of rotatable bonds is 6. The summed E-state index contributed by atoms with van der Waals surface area (Å²) in [5.74, 6) is -1.20. The lowest BCUT2D eigenvalue weighted by Crippen LogP contribution is -2.43. The smallest absolute Gasteiger partial charge is 0.326 e. The monoisotopic (exact) mass is 269 g/mol. The van der Waals surface area contributed by atoms with Crippen LogP contribution >= 0.6 is 0 Å². The first-order valence-electron chi connectivity index (χ1n) is 6.69. The summed E-state index contributed by atoms with van der Waals surface area (Å²) in [6, 6.07) is -1.33.